The van der Waals surface area contributed by atoms with Gasteiger partial charge in [0, 0.05) is 12.1 Å². The van der Waals surface area contributed by atoms with Crippen molar-refractivity contribution in [2.45, 2.75) is 31.1 Å². The highest BCUT2D eigenvalue weighted by atomic mass is 32.2. The van der Waals surface area contributed by atoms with Crippen molar-refractivity contribution in [3.05, 3.63) is 64.2 Å². The molecule has 6 nitrogen and oxygen atoms in total. The topological polar surface area (TPSA) is 86.5 Å². The first-order chi connectivity index (χ1) is 10.8. The van der Waals surface area contributed by atoms with Gasteiger partial charge in [0.1, 0.15) is 10.6 Å². The minimum absolute atomic E-state index is 0.123. The number of benzene rings is 2. The lowest BCUT2D eigenvalue weighted by atomic mass is 9.98. The van der Waals surface area contributed by atoms with Crippen molar-refractivity contribution in [3.63, 3.8) is 0 Å². The van der Waals surface area contributed by atoms with Gasteiger partial charge >= 0.3 is 10.1 Å². The van der Waals surface area contributed by atoms with E-state index in [2.05, 4.69) is 0 Å². The van der Waals surface area contributed by atoms with Gasteiger partial charge in [-0.2, -0.15) is 8.42 Å². The number of non-ortho nitro benzene ring substituents is 1. The lowest BCUT2D eigenvalue weighted by Crippen LogP contribution is -2.11. The fraction of sp³-hybridized carbons (Fsp3) is 0.250. The van der Waals surface area contributed by atoms with E-state index in [1.165, 1.54) is 12.1 Å². The minimum atomic E-state index is -4.04. The molecule has 2 aromatic rings. The molecule has 2 rings (SSSR count). The molecule has 1 unspecified atom stereocenters. The molecule has 1 atom stereocenters. The molecule has 0 saturated heterocycles. The van der Waals surface area contributed by atoms with Gasteiger partial charge in [-0.3, -0.25) is 10.1 Å². The van der Waals surface area contributed by atoms with Gasteiger partial charge in [-0.25, -0.2) is 0 Å². The summed E-state index contributed by atoms with van der Waals surface area (Å²) in [5.41, 5.74) is 0.629. The van der Waals surface area contributed by atoms with E-state index in [0.717, 1.165) is 24.1 Å². The van der Waals surface area contributed by atoms with Crippen molar-refractivity contribution < 1.29 is 17.5 Å². The first-order valence-corrected chi connectivity index (χ1v) is 8.54. The highest BCUT2D eigenvalue weighted by Crippen LogP contribution is 2.30. The van der Waals surface area contributed by atoms with Gasteiger partial charge in [0.15, 0.2) is 0 Å². The van der Waals surface area contributed by atoms with Crippen LogP contribution in [0.5, 0.6) is 5.75 Å². The molecule has 0 aliphatic carbocycles. The van der Waals surface area contributed by atoms with Gasteiger partial charge in [-0.15, -0.1) is 0 Å². The zero-order valence-electron chi connectivity index (χ0n) is 12.8. The highest BCUT2D eigenvalue weighted by Gasteiger charge is 2.20. The van der Waals surface area contributed by atoms with E-state index in [9.17, 15) is 18.5 Å². The smallest absolute Gasteiger partial charge is 0.339 e. The number of nitro groups is 1. The second-order valence-electron chi connectivity index (χ2n) is 5.14. The largest absolute Gasteiger partial charge is 0.379 e. The van der Waals surface area contributed by atoms with Crippen LogP contribution in [0.15, 0.2) is 53.4 Å². The lowest BCUT2D eigenvalue weighted by molar-refractivity contribution is -0.384. The Balaban J connectivity index is 2.33. The summed E-state index contributed by atoms with van der Waals surface area (Å²) in [4.78, 5) is 9.92. The molecule has 7 heteroatoms. The van der Waals surface area contributed by atoms with Crippen LogP contribution >= 0.6 is 0 Å². The summed E-state index contributed by atoms with van der Waals surface area (Å²) in [7, 11) is -4.04. The van der Waals surface area contributed by atoms with Crippen molar-refractivity contribution in [1.29, 1.82) is 0 Å². The van der Waals surface area contributed by atoms with E-state index >= 15 is 0 Å². The van der Waals surface area contributed by atoms with Gasteiger partial charge in [-0.1, -0.05) is 32.0 Å². The molecule has 0 N–H and O–H groups in total. The monoisotopic (exact) mass is 335 g/mol. The fourth-order valence-corrected chi connectivity index (χ4v) is 3.04. The van der Waals surface area contributed by atoms with Gasteiger partial charge in [0.2, 0.25) is 0 Å². The molecule has 122 valence electrons. The molecule has 0 heterocycles. The molecular formula is C16H17NO5S. The van der Waals surface area contributed by atoms with Crippen LogP contribution in [0.1, 0.15) is 31.7 Å². The van der Waals surface area contributed by atoms with Gasteiger partial charge in [0.05, 0.1) is 4.92 Å². The highest BCUT2D eigenvalue weighted by molar-refractivity contribution is 7.87. The molecule has 0 saturated carbocycles. The summed E-state index contributed by atoms with van der Waals surface area (Å²) in [6.45, 7) is 3.99. The summed E-state index contributed by atoms with van der Waals surface area (Å²) in [5.74, 6) is 0.429. The number of nitrogens with zero attached hydrogens (tertiary/aromatic N) is 1. The van der Waals surface area contributed by atoms with Gasteiger partial charge < -0.3 is 4.18 Å². The molecule has 0 bridgehead atoms. The van der Waals surface area contributed by atoms with E-state index in [-0.39, 0.29) is 22.3 Å². The lowest BCUT2D eigenvalue weighted by Gasteiger charge is -2.15. The Labute approximate surface area is 135 Å². The van der Waals surface area contributed by atoms with Crippen LogP contribution in [0.25, 0.3) is 0 Å². The molecular weight excluding hydrogens is 318 g/mol. The van der Waals surface area contributed by atoms with Crippen LogP contribution in [0.2, 0.25) is 0 Å². The van der Waals surface area contributed by atoms with Crippen LogP contribution < -0.4 is 4.18 Å². The predicted octanol–water partition coefficient (Wildman–Crippen LogP) is 3.88. The van der Waals surface area contributed by atoms with Crippen LogP contribution in [0.4, 0.5) is 5.69 Å². The Bertz CT molecular complexity index is 799. The first-order valence-electron chi connectivity index (χ1n) is 7.13. The second-order valence-corrected chi connectivity index (χ2v) is 6.68. The summed E-state index contributed by atoms with van der Waals surface area (Å²) in [6, 6.07) is 11.6. The third-order valence-electron chi connectivity index (χ3n) is 3.60. The Hall–Kier alpha value is -2.41. The van der Waals surface area contributed by atoms with E-state index < -0.39 is 15.0 Å². The maximum absolute atomic E-state index is 12.4. The molecule has 0 spiro atoms. The van der Waals surface area contributed by atoms with Crippen molar-refractivity contribution in [3.8, 4) is 5.75 Å². The average molecular weight is 335 g/mol. The van der Waals surface area contributed by atoms with Crippen LogP contribution in [-0.4, -0.2) is 13.3 Å². The van der Waals surface area contributed by atoms with Crippen molar-refractivity contribution in [2.24, 2.45) is 0 Å². The van der Waals surface area contributed by atoms with Crippen molar-refractivity contribution >= 4 is 15.8 Å². The number of para-hydroxylation sites is 1. The molecule has 23 heavy (non-hydrogen) atoms. The Kier molecular flexibility index (Phi) is 5.00. The molecule has 0 aromatic heterocycles. The van der Waals surface area contributed by atoms with Crippen LogP contribution in [-0.2, 0) is 10.1 Å². The van der Waals surface area contributed by atoms with E-state index in [1.54, 1.807) is 12.1 Å². The number of rotatable bonds is 6. The molecule has 0 fully saturated rings. The zero-order valence-corrected chi connectivity index (χ0v) is 13.6. The number of nitro benzene ring substituents is 1. The Morgan fingerprint density at radius 1 is 1.13 bits per heavy atom. The SMILES string of the molecule is CCC(C)c1ccccc1OS(=O)(=O)c1ccc([N+](=O)[O-])cc1. The van der Waals surface area contributed by atoms with E-state index in [4.69, 9.17) is 4.18 Å². The van der Waals surface area contributed by atoms with Crippen molar-refractivity contribution in [2.75, 3.05) is 0 Å². The second kappa shape index (κ2) is 6.78. The standard InChI is InChI=1S/C16H17NO5S/c1-3-12(2)15-6-4-5-7-16(15)22-23(20,21)14-10-8-13(9-11-14)17(18)19/h4-12H,3H2,1-2H3. The van der Waals surface area contributed by atoms with Gasteiger partial charge in [0.25, 0.3) is 5.69 Å². The van der Waals surface area contributed by atoms with E-state index in [1.807, 2.05) is 26.0 Å². The fourth-order valence-electron chi connectivity index (χ4n) is 2.08. The molecule has 0 radical (unpaired) electrons. The van der Waals surface area contributed by atoms with Gasteiger partial charge in [-0.05, 0) is 36.1 Å². The molecule has 0 aliphatic rings. The summed E-state index contributed by atoms with van der Waals surface area (Å²) < 4.78 is 30.0. The van der Waals surface area contributed by atoms with Crippen LogP contribution in [0.3, 0.4) is 0 Å². The third kappa shape index (κ3) is 3.87. The summed E-state index contributed by atoms with van der Waals surface area (Å²) in [6.07, 6.45) is 0.845. The average Bonchev–Trinajstić information content (AvgIpc) is 2.54. The molecule has 0 aliphatic heterocycles. The quantitative estimate of drug-likeness (QED) is 0.454. The predicted molar refractivity (Wildman–Crippen MR) is 86.1 cm³/mol. The maximum Gasteiger partial charge on any atom is 0.339 e. The van der Waals surface area contributed by atoms with E-state index in [0.29, 0.717) is 0 Å². The number of hydrogen-bond donors (Lipinski definition) is 0. The molecule has 0 amide bonds. The summed E-state index contributed by atoms with van der Waals surface area (Å²) in [5, 5.41) is 10.6. The zero-order chi connectivity index (χ0) is 17.0. The normalized spacial score (nSPS) is 12.6. The van der Waals surface area contributed by atoms with Crippen molar-refractivity contribution in [1.82, 2.24) is 0 Å². The maximum atomic E-state index is 12.4. The Morgan fingerprint density at radius 3 is 2.30 bits per heavy atom. The minimum Gasteiger partial charge on any atom is -0.379 e. The first kappa shape index (κ1) is 17.0. The third-order valence-corrected chi connectivity index (χ3v) is 4.85. The Morgan fingerprint density at radius 2 is 1.74 bits per heavy atom. The van der Waals surface area contributed by atoms with Crippen LogP contribution in [0, 0.1) is 10.1 Å². The summed E-state index contributed by atoms with van der Waals surface area (Å²) >= 11 is 0. The molecule has 2 aromatic carbocycles. The number of hydrogen-bond acceptors (Lipinski definition) is 5.